The molecule has 5 nitrogen and oxygen atoms in total. The molecular weight excluding hydrogens is 327 g/mol. The molecule has 2 rings (SSSR count). The highest BCUT2D eigenvalue weighted by Crippen LogP contribution is 2.18. The standard InChI is InChI=1S/C15H22N2O3.2ClH/c1-17-7-3-4-13(17)11-20-14-8-12(9-16-10-14)5-6-15(18)19-2;;/h8-10,13H,3-7,11H2,1-2H3;2*1H/t13-;;/m0../s1. The Kier molecular flexibility index (Phi) is 10.1. The molecule has 1 aliphatic heterocycles. The van der Waals surface area contributed by atoms with E-state index in [0.717, 1.165) is 17.9 Å². The first-order valence-corrected chi connectivity index (χ1v) is 7.03. The molecular formula is C15H24Cl2N2O3. The van der Waals surface area contributed by atoms with Crippen molar-refractivity contribution in [3.8, 4) is 5.75 Å². The third-order valence-corrected chi connectivity index (χ3v) is 3.73. The molecule has 0 amide bonds. The summed E-state index contributed by atoms with van der Waals surface area (Å²) in [5.41, 5.74) is 0.993. The highest BCUT2D eigenvalue weighted by Gasteiger charge is 2.21. The van der Waals surface area contributed by atoms with Gasteiger partial charge in [0.05, 0.1) is 13.3 Å². The number of hydrogen-bond acceptors (Lipinski definition) is 5. The fourth-order valence-electron chi connectivity index (χ4n) is 2.41. The number of esters is 1. The van der Waals surface area contributed by atoms with Gasteiger partial charge in [-0.2, -0.15) is 0 Å². The quantitative estimate of drug-likeness (QED) is 0.737. The van der Waals surface area contributed by atoms with Crippen LogP contribution in [0.25, 0.3) is 0 Å². The number of carbonyl (C=O) groups excluding carboxylic acids is 1. The van der Waals surface area contributed by atoms with E-state index in [-0.39, 0.29) is 30.8 Å². The molecule has 7 heteroatoms. The molecule has 1 aliphatic rings. The fourth-order valence-corrected chi connectivity index (χ4v) is 2.41. The third-order valence-electron chi connectivity index (χ3n) is 3.73. The Morgan fingerprint density at radius 3 is 2.82 bits per heavy atom. The number of aryl methyl sites for hydroxylation is 1. The lowest BCUT2D eigenvalue weighted by Gasteiger charge is -2.19. The van der Waals surface area contributed by atoms with Crippen molar-refractivity contribution in [2.45, 2.75) is 31.7 Å². The van der Waals surface area contributed by atoms with Crippen molar-refractivity contribution in [3.05, 3.63) is 24.0 Å². The van der Waals surface area contributed by atoms with Crippen molar-refractivity contribution in [3.63, 3.8) is 0 Å². The lowest BCUT2D eigenvalue weighted by atomic mass is 10.1. The average molecular weight is 351 g/mol. The lowest BCUT2D eigenvalue weighted by Crippen LogP contribution is -2.30. The minimum absolute atomic E-state index is 0. The van der Waals surface area contributed by atoms with E-state index >= 15 is 0 Å². The Hall–Kier alpha value is -1.04. The number of likely N-dealkylation sites (tertiary alicyclic amines) is 1. The Balaban J connectivity index is 0.00000220. The van der Waals surface area contributed by atoms with Crippen LogP contribution in [-0.2, 0) is 16.0 Å². The SMILES string of the molecule is COC(=O)CCc1cncc(OC[C@@H]2CCCN2C)c1.Cl.Cl. The van der Waals surface area contributed by atoms with Gasteiger partial charge in [0, 0.05) is 18.7 Å². The van der Waals surface area contributed by atoms with Crippen molar-refractivity contribution < 1.29 is 14.3 Å². The molecule has 2 heterocycles. The second-order valence-corrected chi connectivity index (χ2v) is 5.19. The van der Waals surface area contributed by atoms with E-state index in [1.807, 2.05) is 6.07 Å². The summed E-state index contributed by atoms with van der Waals surface area (Å²) in [5.74, 6) is 0.566. The van der Waals surface area contributed by atoms with Gasteiger partial charge >= 0.3 is 5.97 Å². The van der Waals surface area contributed by atoms with Crippen LogP contribution in [0.1, 0.15) is 24.8 Å². The molecule has 1 fully saturated rings. The molecule has 0 aliphatic carbocycles. The molecule has 1 aromatic heterocycles. The number of carbonyl (C=O) groups is 1. The number of aromatic nitrogens is 1. The van der Waals surface area contributed by atoms with E-state index in [1.54, 1.807) is 12.4 Å². The first kappa shape index (κ1) is 21.0. The Morgan fingerprint density at radius 1 is 1.41 bits per heavy atom. The second kappa shape index (κ2) is 10.6. The van der Waals surface area contributed by atoms with Gasteiger partial charge in [0.25, 0.3) is 0 Å². The first-order valence-electron chi connectivity index (χ1n) is 7.03. The van der Waals surface area contributed by atoms with E-state index in [1.165, 1.54) is 20.0 Å². The number of nitrogens with zero attached hydrogens (tertiary/aromatic N) is 2. The zero-order chi connectivity index (χ0) is 14.4. The second-order valence-electron chi connectivity index (χ2n) is 5.19. The van der Waals surface area contributed by atoms with Crippen LogP contribution in [0, 0.1) is 0 Å². The van der Waals surface area contributed by atoms with Gasteiger partial charge in [-0.1, -0.05) is 0 Å². The predicted octanol–water partition coefficient (Wildman–Crippen LogP) is 2.50. The minimum atomic E-state index is -0.205. The Bertz CT molecular complexity index is 460. The molecule has 0 bridgehead atoms. The molecule has 1 saturated heterocycles. The van der Waals surface area contributed by atoms with E-state index in [4.69, 9.17) is 4.74 Å². The maximum Gasteiger partial charge on any atom is 0.305 e. The van der Waals surface area contributed by atoms with E-state index in [2.05, 4.69) is 21.7 Å². The van der Waals surface area contributed by atoms with E-state index < -0.39 is 0 Å². The highest BCUT2D eigenvalue weighted by atomic mass is 35.5. The highest BCUT2D eigenvalue weighted by molar-refractivity contribution is 5.85. The molecule has 1 atom stereocenters. The van der Waals surface area contributed by atoms with Crippen LogP contribution in [0.4, 0.5) is 0 Å². The summed E-state index contributed by atoms with van der Waals surface area (Å²) in [4.78, 5) is 17.6. The summed E-state index contributed by atoms with van der Waals surface area (Å²) in [6.07, 6.45) is 6.90. The van der Waals surface area contributed by atoms with Crippen LogP contribution in [0.15, 0.2) is 18.5 Å². The van der Waals surface area contributed by atoms with E-state index in [9.17, 15) is 4.79 Å². The summed E-state index contributed by atoms with van der Waals surface area (Å²) in [6, 6.07) is 2.44. The normalized spacial score (nSPS) is 17.3. The predicted molar refractivity (Wildman–Crippen MR) is 90.2 cm³/mol. The van der Waals surface area contributed by atoms with Gasteiger partial charge in [-0.25, -0.2) is 0 Å². The van der Waals surface area contributed by atoms with Gasteiger partial charge in [0.2, 0.25) is 0 Å². The van der Waals surface area contributed by atoms with Crippen LogP contribution in [0.3, 0.4) is 0 Å². The minimum Gasteiger partial charge on any atom is -0.490 e. The fraction of sp³-hybridized carbons (Fsp3) is 0.600. The number of ether oxygens (including phenoxy) is 2. The maximum atomic E-state index is 11.1. The number of likely N-dealkylation sites (N-methyl/N-ethyl adjacent to an activating group) is 1. The van der Waals surface area contributed by atoms with Crippen LogP contribution in [-0.4, -0.2) is 49.2 Å². The third kappa shape index (κ3) is 6.38. The van der Waals surface area contributed by atoms with Gasteiger partial charge in [-0.3, -0.25) is 9.78 Å². The van der Waals surface area contributed by atoms with Gasteiger partial charge in [-0.05, 0) is 44.5 Å². The zero-order valence-electron chi connectivity index (χ0n) is 13.0. The van der Waals surface area contributed by atoms with Crippen molar-refractivity contribution in [1.82, 2.24) is 9.88 Å². The molecule has 1 aromatic rings. The van der Waals surface area contributed by atoms with Crippen LogP contribution in [0.5, 0.6) is 5.75 Å². The molecule has 0 radical (unpaired) electrons. The van der Waals surface area contributed by atoms with Gasteiger partial charge in [0.15, 0.2) is 0 Å². The van der Waals surface area contributed by atoms with Gasteiger partial charge < -0.3 is 14.4 Å². The van der Waals surface area contributed by atoms with Crippen LogP contribution < -0.4 is 4.74 Å². The molecule has 0 spiro atoms. The summed E-state index contributed by atoms with van der Waals surface area (Å²) >= 11 is 0. The Labute approximate surface area is 144 Å². The average Bonchev–Trinajstić information content (AvgIpc) is 2.88. The monoisotopic (exact) mass is 350 g/mol. The van der Waals surface area contributed by atoms with E-state index in [0.29, 0.717) is 25.5 Å². The van der Waals surface area contributed by atoms with Gasteiger partial charge in [-0.15, -0.1) is 24.8 Å². The molecule has 0 unspecified atom stereocenters. The molecule has 0 aromatic carbocycles. The number of hydrogen-bond donors (Lipinski definition) is 0. The Morgan fingerprint density at radius 2 is 2.18 bits per heavy atom. The van der Waals surface area contributed by atoms with Crippen molar-refractivity contribution in [1.29, 1.82) is 0 Å². The maximum absolute atomic E-state index is 11.1. The molecule has 0 saturated carbocycles. The summed E-state index contributed by atoms with van der Waals surface area (Å²) in [7, 11) is 3.53. The summed E-state index contributed by atoms with van der Waals surface area (Å²) in [6.45, 7) is 1.84. The summed E-state index contributed by atoms with van der Waals surface area (Å²) < 4.78 is 10.4. The first-order chi connectivity index (χ1) is 9.69. The van der Waals surface area contributed by atoms with Crippen molar-refractivity contribution in [2.75, 3.05) is 27.3 Å². The van der Waals surface area contributed by atoms with Gasteiger partial charge in [0.1, 0.15) is 12.4 Å². The topological polar surface area (TPSA) is 51.7 Å². The lowest BCUT2D eigenvalue weighted by molar-refractivity contribution is -0.140. The zero-order valence-corrected chi connectivity index (χ0v) is 14.6. The molecule has 0 N–H and O–H groups in total. The number of methoxy groups -OCH3 is 1. The van der Waals surface area contributed by atoms with Crippen LogP contribution in [0.2, 0.25) is 0 Å². The smallest absolute Gasteiger partial charge is 0.305 e. The molecule has 126 valence electrons. The number of rotatable bonds is 6. The number of pyridine rings is 1. The number of halogens is 2. The van der Waals surface area contributed by atoms with Crippen molar-refractivity contribution in [2.24, 2.45) is 0 Å². The van der Waals surface area contributed by atoms with Crippen molar-refractivity contribution >= 4 is 30.8 Å². The largest absolute Gasteiger partial charge is 0.490 e. The van der Waals surface area contributed by atoms with Crippen LogP contribution >= 0.6 is 24.8 Å². The summed E-state index contributed by atoms with van der Waals surface area (Å²) in [5, 5.41) is 0. The molecule has 22 heavy (non-hydrogen) atoms.